The number of hydrogen-bond acceptors (Lipinski definition) is 2. The lowest BCUT2D eigenvalue weighted by molar-refractivity contribution is 0.111. The summed E-state index contributed by atoms with van der Waals surface area (Å²) in [5.74, 6) is 0. The molecule has 2 rings (SSSR count). The zero-order valence-electron chi connectivity index (χ0n) is 11.0. The molecule has 0 spiro atoms. The monoisotopic (exact) mass is 239 g/mol. The van der Waals surface area contributed by atoms with E-state index in [0.29, 0.717) is 5.69 Å². The van der Waals surface area contributed by atoms with Crippen LogP contribution < -0.4 is 0 Å². The molecule has 0 radical (unpaired) electrons. The summed E-state index contributed by atoms with van der Waals surface area (Å²) >= 11 is 0. The molecular formula is C16H17NO. The molecule has 1 aromatic heterocycles. The van der Waals surface area contributed by atoms with Gasteiger partial charge in [0.2, 0.25) is 0 Å². The molecule has 0 N–H and O–H groups in total. The maximum absolute atomic E-state index is 10.7. The van der Waals surface area contributed by atoms with E-state index >= 15 is 0 Å². The second-order valence-electron chi connectivity index (χ2n) is 5.41. The fourth-order valence-electron chi connectivity index (χ4n) is 1.86. The van der Waals surface area contributed by atoms with Crippen molar-refractivity contribution in [2.75, 3.05) is 0 Å². The van der Waals surface area contributed by atoms with Gasteiger partial charge in [0.25, 0.3) is 0 Å². The quantitative estimate of drug-likeness (QED) is 0.745. The van der Waals surface area contributed by atoms with E-state index in [9.17, 15) is 4.79 Å². The molecule has 0 atom stereocenters. The fourth-order valence-corrected chi connectivity index (χ4v) is 1.86. The summed E-state index contributed by atoms with van der Waals surface area (Å²) in [5, 5.41) is 0. The molecule has 0 unspecified atom stereocenters. The van der Waals surface area contributed by atoms with E-state index in [4.69, 9.17) is 0 Å². The Bertz CT molecular complexity index is 550. The van der Waals surface area contributed by atoms with Crippen molar-refractivity contribution < 1.29 is 4.79 Å². The molecule has 2 aromatic rings. The molecule has 0 bridgehead atoms. The highest BCUT2D eigenvalue weighted by molar-refractivity contribution is 5.76. The SMILES string of the molecule is CC(C)(C)c1ccc(-c2ccnc(C=O)c2)cc1. The number of hydrogen-bond donors (Lipinski definition) is 0. The topological polar surface area (TPSA) is 30.0 Å². The van der Waals surface area contributed by atoms with Gasteiger partial charge in [-0.05, 0) is 34.2 Å². The van der Waals surface area contributed by atoms with E-state index < -0.39 is 0 Å². The molecule has 2 nitrogen and oxygen atoms in total. The first-order valence-corrected chi connectivity index (χ1v) is 6.03. The zero-order chi connectivity index (χ0) is 13.2. The van der Waals surface area contributed by atoms with Crippen LogP contribution in [0.2, 0.25) is 0 Å². The average Bonchev–Trinajstić information content (AvgIpc) is 2.38. The molecule has 0 fully saturated rings. The first-order chi connectivity index (χ1) is 8.50. The fraction of sp³-hybridized carbons (Fsp3) is 0.250. The van der Waals surface area contributed by atoms with Crippen LogP contribution in [0.1, 0.15) is 36.8 Å². The van der Waals surface area contributed by atoms with Crippen LogP contribution in [-0.4, -0.2) is 11.3 Å². The second-order valence-corrected chi connectivity index (χ2v) is 5.41. The van der Waals surface area contributed by atoms with E-state index in [-0.39, 0.29) is 5.41 Å². The van der Waals surface area contributed by atoms with E-state index in [1.165, 1.54) is 5.56 Å². The molecule has 0 aliphatic heterocycles. The first kappa shape index (κ1) is 12.5. The lowest BCUT2D eigenvalue weighted by Crippen LogP contribution is -2.10. The Morgan fingerprint density at radius 1 is 1.00 bits per heavy atom. The molecule has 1 aromatic carbocycles. The van der Waals surface area contributed by atoms with Gasteiger partial charge in [-0.3, -0.25) is 9.78 Å². The summed E-state index contributed by atoms with van der Waals surface area (Å²) in [6.07, 6.45) is 2.43. The molecule has 0 aliphatic carbocycles. The van der Waals surface area contributed by atoms with Gasteiger partial charge < -0.3 is 0 Å². The standard InChI is InChI=1S/C16H17NO/c1-16(2,3)14-6-4-12(5-7-14)13-8-9-17-15(10-13)11-18/h4-11H,1-3H3. The number of carbonyl (C=O) groups is 1. The van der Waals surface area contributed by atoms with Gasteiger partial charge in [0.05, 0.1) is 0 Å². The summed E-state index contributed by atoms with van der Waals surface area (Å²) in [4.78, 5) is 14.7. The van der Waals surface area contributed by atoms with Crippen LogP contribution in [0, 0.1) is 0 Å². The summed E-state index contributed by atoms with van der Waals surface area (Å²) in [7, 11) is 0. The van der Waals surface area contributed by atoms with Crippen molar-refractivity contribution >= 4 is 6.29 Å². The van der Waals surface area contributed by atoms with Crippen molar-refractivity contribution in [3.63, 3.8) is 0 Å². The van der Waals surface area contributed by atoms with Crippen LogP contribution in [0.25, 0.3) is 11.1 Å². The van der Waals surface area contributed by atoms with Crippen molar-refractivity contribution in [2.24, 2.45) is 0 Å². The maximum Gasteiger partial charge on any atom is 0.168 e. The van der Waals surface area contributed by atoms with E-state index in [2.05, 4.69) is 50.0 Å². The summed E-state index contributed by atoms with van der Waals surface area (Å²) in [5.41, 5.74) is 4.05. The van der Waals surface area contributed by atoms with E-state index in [1.54, 1.807) is 12.3 Å². The normalized spacial score (nSPS) is 11.3. The number of benzene rings is 1. The lowest BCUT2D eigenvalue weighted by atomic mass is 9.86. The highest BCUT2D eigenvalue weighted by Crippen LogP contribution is 2.26. The minimum atomic E-state index is 0.157. The van der Waals surface area contributed by atoms with Crippen molar-refractivity contribution in [1.82, 2.24) is 4.98 Å². The van der Waals surface area contributed by atoms with E-state index in [0.717, 1.165) is 17.4 Å². The van der Waals surface area contributed by atoms with Crippen LogP contribution in [0.4, 0.5) is 0 Å². The number of aldehydes is 1. The molecule has 0 saturated carbocycles. The third-order valence-electron chi connectivity index (χ3n) is 2.99. The van der Waals surface area contributed by atoms with Gasteiger partial charge in [-0.1, -0.05) is 45.0 Å². The Balaban J connectivity index is 2.37. The Morgan fingerprint density at radius 3 is 2.22 bits per heavy atom. The van der Waals surface area contributed by atoms with Crippen molar-refractivity contribution in [1.29, 1.82) is 0 Å². The largest absolute Gasteiger partial charge is 0.296 e. The molecule has 0 amide bonds. The molecule has 0 saturated heterocycles. The highest BCUT2D eigenvalue weighted by atomic mass is 16.1. The van der Waals surface area contributed by atoms with Crippen LogP contribution in [0.3, 0.4) is 0 Å². The van der Waals surface area contributed by atoms with Crippen molar-refractivity contribution in [2.45, 2.75) is 26.2 Å². The lowest BCUT2D eigenvalue weighted by Gasteiger charge is -2.19. The van der Waals surface area contributed by atoms with Crippen LogP contribution >= 0.6 is 0 Å². The number of pyridine rings is 1. The van der Waals surface area contributed by atoms with Crippen LogP contribution in [0.5, 0.6) is 0 Å². The Kier molecular flexibility index (Phi) is 3.28. The predicted molar refractivity (Wildman–Crippen MR) is 73.8 cm³/mol. The summed E-state index contributed by atoms with van der Waals surface area (Å²) < 4.78 is 0. The van der Waals surface area contributed by atoms with Gasteiger partial charge in [-0.15, -0.1) is 0 Å². The second kappa shape index (κ2) is 4.73. The first-order valence-electron chi connectivity index (χ1n) is 6.03. The van der Waals surface area contributed by atoms with Gasteiger partial charge >= 0.3 is 0 Å². The van der Waals surface area contributed by atoms with Crippen LogP contribution in [0.15, 0.2) is 42.6 Å². The van der Waals surface area contributed by atoms with Crippen molar-refractivity contribution in [3.05, 3.63) is 53.9 Å². The zero-order valence-corrected chi connectivity index (χ0v) is 11.0. The molecule has 2 heteroatoms. The molecule has 18 heavy (non-hydrogen) atoms. The van der Waals surface area contributed by atoms with Crippen LogP contribution in [-0.2, 0) is 5.41 Å². The van der Waals surface area contributed by atoms with Crippen molar-refractivity contribution in [3.8, 4) is 11.1 Å². The van der Waals surface area contributed by atoms with Gasteiger partial charge in [-0.25, -0.2) is 0 Å². The Hall–Kier alpha value is -1.96. The number of nitrogens with zero attached hydrogens (tertiary/aromatic N) is 1. The maximum atomic E-state index is 10.7. The third-order valence-corrected chi connectivity index (χ3v) is 2.99. The van der Waals surface area contributed by atoms with Gasteiger partial charge in [-0.2, -0.15) is 0 Å². The highest BCUT2D eigenvalue weighted by Gasteiger charge is 2.13. The Morgan fingerprint density at radius 2 is 1.67 bits per heavy atom. The van der Waals surface area contributed by atoms with Gasteiger partial charge in [0, 0.05) is 6.20 Å². The summed E-state index contributed by atoms with van der Waals surface area (Å²) in [6, 6.07) is 12.2. The number of rotatable bonds is 2. The number of carbonyl (C=O) groups excluding carboxylic acids is 1. The molecule has 0 aliphatic rings. The average molecular weight is 239 g/mol. The molecular weight excluding hydrogens is 222 g/mol. The number of aromatic nitrogens is 1. The van der Waals surface area contributed by atoms with E-state index in [1.807, 2.05) is 6.07 Å². The predicted octanol–water partition coefficient (Wildman–Crippen LogP) is 3.86. The molecule has 92 valence electrons. The van der Waals surface area contributed by atoms with Gasteiger partial charge in [0.15, 0.2) is 6.29 Å². The smallest absolute Gasteiger partial charge is 0.168 e. The third kappa shape index (κ3) is 2.65. The minimum absolute atomic E-state index is 0.157. The molecule has 1 heterocycles. The summed E-state index contributed by atoms with van der Waals surface area (Å²) in [6.45, 7) is 6.58. The van der Waals surface area contributed by atoms with Gasteiger partial charge in [0.1, 0.15) is 5.69 Å². The minimum Gasteiger partial charge on any atom is -0.296 e. The Labute approximate surface area is 108 Å².